The van der Waals surface area contributed by atoms with Crippen molar-refractivity contribution in [2.75, 3.05) is 0 Å². The molecule has 0 radical (unpaired) electrons. The van der Waals surface area contributed by atoms with Crippen LogP contribution in [0.3, 0.4) is 0 Å². The summed E-state index contributed by atoms with van der Waals surface area (Å²) in [6.07, 6.45) is 0. The molecule has 0 aliphatic heterocycles. The summed E-state index contributed by atoms with van der Waals surface area (Å²) in [4.78, 5) is 0. The standard InChI is InChI=1S/C14H12FNO/c1-10-6-2-3-7-11(10)14(16-17)12-8-4-5-9-13(12)15/h2-9,17H,1H3/b16-14+. The Kier molecular flexibility index (Phi) is 3.19. The van der Waals surface area contributed by atoms with Gasteiger partial charge in [-0.25, -0.2) is 4.39 Å². The van der Waals surface area contributed by atoms with Crippen molar-refractivity contribution in [2.45, 2.75) is 6.92 Å². The minimum atomic E-state index is -0.399. The number of oxime groups is 1. The lowest BCUT2D eigenvalue weighted by Crippen LogP contribution is -2.07. The highest BCUT2D eigenvalue weighted by atomic mass is 19.1. The second-order valence-electron chi connectivity index (χ2n) is 3.74. The number of nitrogens with zero attached hydrogens (tertiary/aromatic N) is 1. The fourth-order valence-corrected chi connectivity index (χ4v) is 1.74. The van der Waals surface area contributed by atoms with Crippen LogP contribution in [0.1, 0.15) is 16.7 Å². The normalized spacial score (nSPS) is 11.5. The lowest BCUT2D eigenvalue weighted by atomic mass is 9.98. The first-order chi connectivity index (χ1) is 8.24. The maximum atomic E-state index is 13.7. The van der Waals surface area contributed by atoms with Gasteiger partial charge >= 0.3 is 0 Å². The Morgan fingerprint density at radius 3 is 2.18 bits per heavy atom. The van der Waals surface area contributed by atoms with E-state index < -0.39 is 5.82 Å². The molecular weight excluding hydrogens is 217 g/mol. The Labute approximate surface area is 99.0 Å². The van der Waals surface area contributed by atoms with Crippen molar-refractivity contribution in [3.63, 3.8) is 0 Å². The molecule has 1 N–H and O–H groups in total. The summed E-state index contributed by atoms with van der Waals surface area (Å²) >= 11 is 0. The van der Waals surface area contributed by atoms with Crippen LogP contribution in [-0.4, -0.2) is 10.9 Å². The fraction of sp³-hybridized carbons (Fsp3) is 0.0714. The van der Waals surface area contributed by atoms with Gasteiger partial charge in [-0.1, -0.05) is 41.6 Å². The van der Waals surface area contributed by atoms with E-state index in [1.54, 1.807) is 24.3 Å². The minimum absolute atomic E-state index is 0.251. The molecule has 2 aromatic rings. The molecule has 2 rings (SSSR count). The summed E-state index contributed by atoms with van der Waals surface area (Å²) < 4.78 is 13.7. The molecule has 0 aromatic heterocycles. The van der Waals surface area contributed by atoms with Crippen LogP contribution in [0.2, 0.25) is 0 Å². The van der Waals surface area contributed by atoms with E-state index in [1.807, 2.05) is 25.1 Å². The van der Waals surface area contributed by atoms with Crippen LogP contribution in [0.25, 0.3) is 0 Å². The predicted octanol–water partition coefficient (Wildman–Crippen LogP) is 3.36. The quantitative estimate of drug-likeness (QED) is 0.478. The van der Waals surface area contributed by atoms with Crippen LogP contribution in [0.15, 0.2) is 53.7 Å². The van der Waals surface area contributed by atoms with Gasteiger partial charge in [-0.2, -0.15) is 0 Å². The topological polar surface area (TPSA) is 32.6 Å². The smallest absolute Gasteiger partial charge is 0.132 e. The van der Waals surface area contributed by atoms with E-state index in [-0.39, 0.29) is 5.71 Å². The second-order valence-corrected chi connectivity index (χ2v) is 3.74. The lowest BCUT2D eigenvalue weighted by molar-refractivity contribution is 0.319. The van der Waals surface area contributed by atoms with E-state index in [1.165, 1.54) is 6.07 Å². The maximum absolute atomic E-state index is 13.7. The first kappa shape index (κ1) is 11.3. The third-order valence-corrected chi connectivity index (χ3v) is 2.63. The SMILES string of the molecule is Cc1ccccc1/C(=N\O)c1ccccc1F. The summed E-state index contributed by atoms with van der Waals surface area (Å²) in [7, 11) is 0. The van der Waals surface area contributed by atoms with Gasteiger partial charge in [0, 0.05) is 11.1 Å². The van der Waals surface area contributed by atoms with Gasteiger partial charge in [0.15, 0.2) is 0 Å². The number of aryl methyl sites for hydroxylation is 1. The maximum Gasteiger partial charge on any atom is 0.132 e. The van der Waals surface area contributed by atoms with Crippen molar-refractivity contribution < 1.29 is 9.60 Å². The monoisotopic (exact) mass is 229 g/mol. The van der Waals surface area contributed by atoms with Crippen molar-refractivity contribution in [3.05, 3.63) is 71.0 Å². The van der Waals surface area contributed by atoms with Crippen LogP contribution >= 0.6 is 0 Å². The number of hydrogen-bond acceptors (Lipinski definition) is 2. The van der Waals surface area contributed by atoms with Gasteiger partial charge < -0.3 is 5.21 Å². The number of halogens is 1. The minimum Gasteiger partial charge on any atom is -0.410 e. The van der Waals surface area contributed by atoms with Crippen LogP contribution < -0.4 is 0 Å². The Morgan fingerprint density at radius 2 is 1.59 bits per heavy atom. The van der Waals surface area contributed by atoms with Crippen molar-refractivity contribution in [1.29, 1.82) is 0 Å². The van der Waals surface area contributed by atoms with E-state index in [0.29, 0.717) is 5.56 Å². The molecule has 0 atom stereocenters. The van der Waals surface area contributed by atoms with Gasteiger partial charge in [-0.3, -0.25) is 0 Å². The van der Waals surface area contributed by atoms with Gasteiger partial charge in [0.25, 0.3) is 0 Å². The van der Waals surface area contributed by atoms with Crippen LogP contribution in [0.4, 0.5) is 4.39 Å². The molecule has 0 unspecified atom stereocenters. The fourth-order valence-electron chi connectivity index (χ4n) is 1.74. The number of hydrogen-bond donors (Lipinski definition) is 1. The van der Waals surface area contributed by atoms with Crippen molar-refractivity contribution >= 4 is 5.71 Å². The average Bonchev–Trinajstić information content (AvgIpc) is 2.34. The van der Waals surface area contributed by atoms with Crippen LogP contribution in [0.5, 0.6) is 0 Å². The van der Waals surface area contributed by atoms with Crippen LogP contribution in [-0.2, 0) is 0 Å². The predicted molar refractivity (Wildman–Crippen MR) is 65.0 cm³/mol. The lowest BCUT2D eigenvalue weighted by Gasteiger charge is -2.08. The van der Waals surface area contributed by atoms with Gasteiger partial charge in [0.2, 0.25) is 0 Å². The zero-order valence-corrected chi connectivity index (χ0v) is 9.39. The Balaban J connectivity index is 2.57. The molecule has 0 aliphatic rings. The molecule has 0 spiro atoms. The molecule has 86 valence electrons. The van der Waals surface area contributed by atoms with E-state index >= 15 is 0 Å². The average molecular weight is 229 g/mol. The van der Waals surface area contributed by atoms with Crippen molar-refractivity contribution in [1.82, 2.24) is 0 Å². The molecule has 0 aliphatic carbocycles. The highest BCUT2D eigenvalue weighted by Crippen LogP contribution is 2.17. The van der Waals surface area contributed by atoms with Crippen molar-refractivity contribution in [3.8, 4) is 0 Å². The number of rotatable bonds is 2. The van der Waals surface area contributed by atoms with Crippen LogP contribution in [0, 0.1) is 12.7 Å². The zero-order valence-electron chi connectivity index (χ0n) is 9.39. The third-order valence-electron chi connectivity index (χ3n) is 2.63. The molecule has 0 heterocycles. The van der Waals surface area contributed by atoms with E-state index in [9.17, 15) is 4.39 Å². The molecule has 3 heteroatoms. The number of benzene rings is 2. The summed E-state index contributed by atoms with van der Waals surface area (Å²) in [5.41, 5.74) is 2.20. The Bertz CT molecular complexity index is 516. The largest absolute Gasteiger partial charge is 0.410 e. The molecule has 17 heavy (non-hydrogen) atoms. The molecular formula is C14H12FNO. The molecule has 0 fully saturated rings. The Hall–Kier alpha value is -2.16. The van der Waals surface area contributed by atoms with Gasteiger partial charge in [0.1, 0.15) is 11.5 Å². The van der Waals surface area contributed by atoms with E-state index in [0.717, 1.165) is 11.1 Å². The molecule has 0 saturated heterocycles. The highest BCUT2D eigenvalue weighted by Gasteiger charge is 2.13. The van der Waals surface area contributed by atoms with Crippen molar-refractivity contribution in [2.24, 2.45) is 5.16 Å². The third kappa shape index (κ3) is 2.18. The van der Waals surface area contributed by atoms with E-state index in [4.69, 9.17) is 5.21 Å². The molecule has 0 bridgehead atoms. The summed E-state index contributed by atoms with van der Waals surface area (Å²) in [5.74, 6) is -0.399. The van der Waals surface area contributed by atoms with Gasteiger partial charge in [-0.05, 0) is 24.6 Å². The van der Waals surface area contributed by atoms with E-state index in [2.05, 4.69) is 5.16 Å². The van der Waals surface area contributed by atoms with Gasteiger partial charge in [0.05, 0.1) is 0 Å². The highest BCUT2D eigenvalue weighted by molar-refractivity contribution is 6.13. The summed E-state index contributed by atoms with van der Waals surface area (Å²) in [6.45, 7) is 1.89. The zero-order chi connectivity index (χ0) is 12.3. The van der Waals surface area contributed by atoms with Gasteiger partial charge in [-0.15, -0.1) is 0 Å². The second kappa shape index (κ2) is 4.78. The summed E-state index contributed by atoms with van der Waals surface area (Å²) in [6, 6.07) is 13.7. The summed E-state index contributed by atoms with van der Waals surface area (Å²) in [5, 5.41) is 12.3. The molecule has 2 aromatic carbocycles. The molecule has 0 amide bonds. The molecule has 0 saturated carbocycles. The first-order valence-electron chi connectivity index (χ1n) is 5.27. The molecule has 2 nitrogen and oxygen atoms in total. The first-order valence-corrected chi connectivity index (χ1v) is 5.27. The Morgan fingerprint density at radius 1 is 1.00 bits per heavy atom.